The number of allylic oxidation sites excluding steroid dienone is 3. The van der Waals surface area contributed by atoms with Crippen molar-refractivity contribution >= 4 is 11.5 Å². The average Bonchev–Trinajstić information content (AvgIpc) is 2.25. The van der Waals surface area contributed by atoms with Crippen LogP contribution in [-0.2, 0) is 4.79 Å². The summed E-state index contributed by atoms with van der Waals surface area (Å²) < 4.78 is 0. The van der Waals surface area contributed by atoms with Gasteiger partial charge in [0.25, 0.3) is 0 Å². The van der Waals surface area contributed by atoms with E-state index in [1.165, 1.54) is 11.6 Å². The second kappa shape index (κ2) is 5.91. The van der Waals surface area contributed by atoms with E-state index in [-0.39, 0.29) is 0 Å². The van der Waals surface area contributed by atoms with Gasteiger partial charge in [-0.2, -0.15) is 0 Å². The Balaban J connectivity index is 2.98. The Kier molecular flexibility index (Phi) is 4.52. The SMILES string of the molecule is CC(C)=CCC(=CC(=O)O)c1ccccc1. The summed E-state index contributed by atoms with van der Waals surface area (Å²) in [4.78, 5) is 10.7. The molecule has 16 heavy (non-hydrogen) atoms. The molecule has 0 saturated heterocycles. The van der Waals surface area contributed by atoms with E-state index in [0.717, 1.165) is 11.1 Å². The normalized spacial score (nSPS) is 11.0. The van der Waals surface area contributed by atoms with Gasteiger partial charge in [0.05, 0.1) is 0 Å². The van der Waals surface area contributed by atoms with E-state index in [0.29, 0.717) is 6.42 Å². The van der Waals surface area contributed by atoms with Gasteiger partial charge in [-0.15, -0.1) is 0 Å². The second-order valence-electron chi connectivity index (χ2n) is 3.86. The molecule has 0 bridgehead atoms. The van der Waals surface area contributed by atoms with Crippen LogP contribution >= 0.6 is 0 Å². The van der Waals surface area contributed by atoms with Gasteiger partial charge in [-0.3, -0.25) is 0 Å². The Morgan fingerprint density at radius 1 is 1.25 bits per heavy atom. The minimum Gasteiger partial charge on any atom is -0.478 e. The largest absolute Gasteiger partial charge is 0.478 e. The summed E-state index contributed by atoms with van der Waals surface area (Å²) in [6, 6.07) is 9.59. The molecular formula is C14H16O2. The molecule has 1 aromatic rings. The number of hydrogen-bond donors (Lipinski definition) is 1. The van der Waals surface area contributed by atoms with E-state index in [4.69, 9.17) is 5.11 Å². The van der Waals surface area contributed by atoms with Crippen LogP contribution < -0.4 is 0 Å². The van der Waals surface area contributed by atoms with Crippen molar-refractivity contribution in [2.75, 3.05) is 0 Å². The standard InChI is InChI=1S/C14H16O2/c1-11(2)8-9-13(10-14(15)16)12-6-4-3-5-7-12/h3-8,10H,9H2,1-2H3,(H,15,16). The molecule has 0 atom stereocenters. The monoisotopic (exact) mass is 216 g/mol. The fourth-order valence-electron chi connectivity index (χ4n) is 1.38. The van der Waals surface area contributed by atoms with Gasteiger partial charge in [0, 0.05) is 6.08 Å². The van der Waals surface area contributed by atoms with Crippen molar-refractivity contribution in [3.8, 4) is 0 Å². The highest BCUT2D eigenvalue weighted by Gasteiger charge is 2.02. The molecule has 2 heteroatoms. The highest BCUT2D eigenvalue weighted by Crippen LogP contribution is 2.19. The fourth-order valence-corrected chi connectivity index (χ4v) is 1.38. The fraction of sp³-hybridized carbons (Fsp3) is 0.214. The summed E-state index contributed by atoms with van der Waals surface area (Å²) >= 11 is 0. The van der Waals surface area contributed by atoms with E-state index in [9.17, 15) is 4.79 Å². The summed E-state index contributed by atoms with van der Waals surface area (Å²) in [5.41, 5.74) is 2.98. The molecular weight excluding hydrogens is 200 g/mol. The Bertz CT molecular complexity index is 410. The van der Waals surface area contributed by atoms with Crippen LogP contribution in [0.2, 0.25) is 0 Å². The topological polar surface area (TPSA) is 37.3 Å². The molecule has 0 saturated carbocycles. The number of carbonyl (C=O) groups is 1. The Hall–Kier alpha value is -1.83. The van der Waals surface area contributed by atoms with Crippen LogP contribution in [-0.4, -0.2) is 11.1 Å². The van der Waals surface area contributed by atoms with Gasteiger partial charge < -0.3 is 5.11 Å². The maximum absolute atomic E-state index is 10.7. The maximum Gasteiger partial charge on any atom is 0.328 e. The zero-order valence-electron chi connectivity index (χ0n) is 9.60. The zero-order valence-corrected chi connectivity index (χ0v) is 9.60. The number of benzene rings is 1. The molecule has 1 rings (SSSR count). The first-order valence-electron chi connectivity index (χ1n) is 5.22. The number of carboxylic acid groups (broad SMARTS) is 1. The molecule has 0 aliphatic heterocycles. The third kappa shape index (κ3) is 4.13. The molecule has 0 unspecified atom stereocenters. The minimum absolute atomic E-state index is 0.651. The molecule has 1 N–H and O–H groups in total. The van der Waals surface area contributed by atoms with Gasteiger partial charge in [0.2, 0.25) is 0 Å². The van der Waals surface area contributed by atoms with E-state index in [1.807, 2.05) is 50.3 Å². The van der Waals surface area contributed by atoms with Crippen LogP contribution in [0.15, 0.2) is 48.1 Å². The summed E-state index contributed by atoms with van der Waals surface area (Å²) in [5, 5.41) is 8.81. The summed E-state index contributed by atoms with van der Waals surface area (Å²) in [6.07, 6.45) is 3.95. The zero-order chi connectivity index (χ0) is 12.0. The number of carboxylic acids is 1. The van der Waals surface area contributed by atoms with Crippen molar-refractivity contribution in [3.05, 3.63) is 53.6 Å². The van der Waals surface area contributed by atoms with Crippen LogP contribution in [0.1, 0.15) is 25.8 Å². The molecule has 0 aliphatic carbocycles. The molecule has 1 aromatic carbocycles. The van der Waals surface area contributed by atoms with Crippen molar-refractivity contribution in [2.24, 2.45) is 0 Å². The first kappa shape index (κ1) is 12.2. The van der Waals surface area contributed by atoms with Gasteiger partial charge in [0.1, 0.15) is 0 Å². The van der Waals surface area contributed by atoms with Gasteiger partial charge in [0.15, 0.2) is 0 Å². The van der Waals surface area contributed by atoms with Crippen molar-refractivity contribution in [2.45, 2.75) is 20.3 Å². The smallest absolute Gasteiger partial charge is 0.328 e. The van der Waals surface area contributed by atoms with Crippen LogP contribution in [0.5, 0.6) is 0 Å². The van der Waals surface area contributed by atoms with Crippen molar-refractivity contribution in [1.82, 2.24) is 0 Å². The lowest BCUT2D eigenvalue weighted by atomic mass is 10.0. The Morgan fingerprint density at radius 2 is 1.88 bits per heavy atom. The van der Waals surface area contributed by atoms with Crippen LogP contribution in [0.4, 0.5) is 0 Å². The van der Waals surface area contributed by atoms with E-state index >= 15 is 0 Å². The summed E-state index contributed by atoms with van der Waals surface area (Å²) in [5.74, 6) is -0.902. The molecule has 0 aliphatic rings. The van der Waals surface area contributed by atoms with Crippen LogP contribution in [0.3, 0.4) is 0 Å². The van der Waals surface area contributed by atoms with E-state index in [2.05, 4.69) is 0 Å². The highest BCUT2D eigenvalue weighted by molar-refractivity contribution is 5.90. The van der Waals surface area contributed by atoms with Crippen molar-refractivity contribution in [1.29, 1.82) is 0 Å². The number of rotatable bonds is 4. The van der Waals surface area contributed by atoms with Crippen molar-refractivity contribution < 1.29 is 9.90 Å². The molecule has 84 valence electrons. The molecule has 2 nitrogen and oxygen atoms in total. The van der Waals surface area contributed by atoms with Gasteiger partial charge in [-0.05, 0) is 31.4 Å². The second-order valence-corrected chi connectivity index (χ2v) is 3.86. The Labute approximate surface area is 95.9 Å². The molecule has 0 heterocycles. The highest BCUT2D eigenvalue weighted by atomic mass is 16.4. The maximum atomic E-state index is 10.7. The van der Waals surface area contributed by atoms with E-state index in [1.54, 1.807) is 0 Å². The quantitative estimate of drug-likeness (QED) is 0.617. The van der Waals surface area contributed by atoms with Crippen LogP contribution in [0.25, 0.3) is 5.57 Å². The average molecular weight is 216 g/mol. The predicted molar refractivity (Wildman–Crippen MR) is 66.1 cm³/mol. The third-order valence-corrected chi connectivity index (χ3v) is 2.17. The lowest BCUT2D eigenvalue weighted by Crippen LogP contribution is -1.92. The summed E-state index contributed by atoms with van der Waals surface area (Å²) in [7, 11) is 0. The van der Waals surface area contributed by atoms with E-state index < -0.39 is 5.97 Å². The number of hydrogen-bond acceptors (Lipinski definition) is 1. The Morgan fingerprint density at radius 3 is 2.38 bits per heavy atom. The minimum atomic E-state index is -0.902. The molecule has 0 amide bonds. The predicted octanol–water partition coefficient (Wildman–Crippen LogP) is 3.51. The molecule has 0 aromatic heterocycles. The molecule has 0 radical (unpaired) electrons. The first-order valence-corrected chi connectivity index (χ1v) is 5.22. The molecule has 0 spiro atoms. The number of aliphatic carboxylic acids is 1. The third-order valence-electron chi connectivity index (χ3n) is 2.17. The van der Waals surface area contributed by atoms with Gasteiger partial charge >= 0.3 is 5.97 Å². The van der Waals surface area contributed by atoms with Gasteiger partial charge in [-0.25, -0.2) is 4.79 Å². The lowest BCUT2D eigenvalue weighted by molar-refractivity contribution is -0.131. The van der Waals surface area contributed by atoms with Crippen molar-refractivity contribution in [3.63, 3.8) is 0 Å². The summed E-state index contributed by atoms with van der Waals surface area (Å²) in [6.45, 7) is 4.01. The van der Waals surface area contributed by atoms with Crippen LogP contribution in [0, 0.1) is 0 Å². The molecule has 0 fully saturated rings. The van der Waals surface area contributed by atoms with Gasteiger partial charge in [-0.1, -0.05) is 42.0 Å². The first-order chi connectivity index (χ1) is 7.59. The lowest BCUT2D eigenvalue weighted by Gasteiger charge is -2.04.